The van der Waals surface area contributed by atoms with Gasteiger partial charge in [0.1, 0.15) is 11.6 Å². The molecule has 2 amide bonds. The molecule has 0 aliphatic heterocycles. The summed E-state index contributed by atoms with van der Waals surface area (Å²) in [6.07, 6.45) is 0. The molecule has 0 bridgehead atoms. The topological polar surface area (TPSA) is 78.5 Å². The first kappa shape index (κ1) is 22.7. The van der Waals surface area contributed by atoms with Crippen molar-refractivity contribution < 1.29 is 22.0 Å². The number of nitrogens with zero attached hydrogens (tertiary/aromatic N) is 1. The van der Waals surface area contributed by atoms with E-state index in [1.54, 1.807) is 24.3 Å². The normalized spacial score (nSPS) is 11.2. The van der Waals surface area contributed by atoms with Gasteiger partial charge >= 0.3 is 6.03 Å². The van der Waals surface area contributed by atoms with Gasteiger partial charge in [0.2, 0.25) is 10.0 Å². The third kappa shape index (κ3) is 6.24. The first-order chi connectivity index (χ1) is 14.7. The number of amides is 2. The summed E-state index contributed by atoms with van der Waals surface area (Å²) in [7, 11) is -3.90. The van der Waals surface area contributed by atoms with Crippen molar-refractivity contribution in [2.45, 2.75) is 4.90 Å². The number of carbonyl (C=O) groups excluding carboxylic acids is 1. The minimum atomic E-state index is -3.90. The molecule has 10 heteroatoms. The summed E-state index contributed by atoms with van der Waals surface area (Å²) in [5.74, 6) is -1.03. The van der Waals surface area contributed by atoms with Crippen molar-refractivity contribution >= 4 is 39.0 Å². The SMILES string of the molecule is O=C(Nc1ccc(Cl)cc1)N(CCNS(=O)(=O)c1ccc(F)cc1)c1ccc(F)cc1. The van der Waals surface area contributed by atoms with Gasteiger partial charge in [0.25, 0.3) is 0 Å². The Morgan fingerprint density at radius 1 is 0.871 bits per heavy atom. The maximum atomic E-state index is 13.3. The van der Waals surface area contributed by atoms with Gasteiger partial charge in [-0.2, -0.15) is 0 Å². The molecule has 0 saturated carbocycles. The molecule has 0 spiro atoms. The zero-order valence-corrected chi connectivity index (χ0v) is 17.6. The molecule has 0 aliphatic carbocycles. The number of hydrogen-bond donors (Lipinski definition) is 2. The first-order valence-electron chi connectivity index (χ1n) is 9.09. The molecule has 0 saturated heterocycles. The zero-order chi connectivity index (χ0) is 22.4. The monoisotopic (exact) mass is 465 g/mol. The molecule has 162 valence electrons. The highest BCUT2D eigenvalue weighted by molar-refractivity contribution is 7.89. The van der Waals surface area contributed by atoms with Crippen LogP contribution in [-0.2, 0) is 10.0 Å². The summed E-state index contributed by atoms with van der Waals surface area (Å²) < 4.78 is 53.5. The van der Waals surface area contributed by atoms with Crippen LogP contribution in [0.2, 0.25) is 5.02 Å². The average molecular weight is 466 g/mol. The fraction of sp³-hybridized carbons (Fsp3) is 0.0952. The van der Waals surface area contributed by atoms with Gasteiger partial charge in [0, 0.05) is 29.5 Å². The number of anilines is 2. The van der Waals surface area contributed by atoms with Crippen molar-refractivity contribution in [2.24, 2.45) is 0 Å². The van der Waals surface area contributed by atoms with Crippen LogP contribution < -0.4 is 14.9 Å². The highest BCUT2D eigenvalue weighted by Crippen LogP contribution is 2.18. The number of nitrogens with one attached hydrogen (secondary N) is 2. The van der Waals surface area contributed by atoms with Crippen molar-refractivity contribution in [3.63, 3.8) is 0 Å². The van der Waals surface area contributed by atoms with E-state index in [0.29, 0.717) is 16.4 Å². The van der Waals surface area contributed by atoms with Crippen molar-refractivity contribution in [1.82, 2.24) is 4.72 Å². The van der Waals surface area contributed by atoms with Crippen molar-refractivity contribution in [3.05, 3.63) is 89.5 Å². The lowest BCUT2D eigenvalue weighted by molar-refractivity contribution is 0.257. The minimum Gasteiger partial charge on any atom is -0.308 e. The van der Waals surface area contributed by atoms with Gasteiger partial charge in [0.05, 0.1) is 4.90 Å². The van der Waals surface area contributed by atoms with E-state index in [4.69, 9.17) is 11.6 Å². The summed E-state index contributed by atoms with van der Waals surface area (Å²) in [6.45, 7) is -0.184. The standard InChI is InChI=1S/C21H18ClF2N3O3S/c22-15-1-7-18(8-2-15)26-21(28)27(19-9-3-16(23)4-10-19)14-13-25-31(29,30)20-11-5-17(24)6-12-20/h1-12,25H,13-14H2,(H,26,28). The van der Waals surface area contributed by atoms with E-state index < -0.39 is 27.7 Å². The Labute approximate surface area is 183 Å². The van der Waals surface area contributed by atoms with Crippen molar-refractivity contribution in [3.8, 4) is 0 Å². The first-order valence-corrected chi connectivity index (χ1v) is 11.0. The molecule has 0 radical (unpaired) electrons. The number of carbonyl (C=O) groups is 1. The lowest BCUT2D eigenvalue weighted by Crippen LogP contribution is -2.41. The minimum absolute atomic E-state index is 0.0501. The molecule has 0 aliphatic rings. The van der Waals surface area contributed by atoms with Gasteiger partial charge < -0.3 is 5.32 Å². The molecule has 0 atom stereocenters. The number of benzene rings is 3. The number of halogens is 3. The summed E-state index contributed by atoms with van der Waals surface area (Å²) >= 11 is 5.85. The van der Waals surface area contributed by atoms with Gasteiger partial charge in [-0.15, -0.1) is 0 Å². The van der Waals surface area contributed by atoms with Crippen molar-refractivity contribution in [1.29, 1.82) is 0 Å². The molecule has 0 fully saturated rings. The molecule has 3 rings (SSSR count). The summed E-state index contributed by atoms with van der Waals surface area (Å²) in [4.78, 5) is 14.0. The third-order valence-corrected chi connectivity index (χ3v) is 5.96. The lowest BCUT2D eigenvalue weighted by Gasteiger charge is -2.23. The van der Waals surface area contributed by atoms with Crippen LogP contribution in [0.1, 0.15) is 0 Å². The van der Waals surface area contributed by atoms with Crippen LogP contribution in [0.15, 0.2) is 77.7 Å². The molecule has 0 unspecified atom stereocenters. The van der Waals surface area contributed by atoms with Crippen LogP contribution in [0.25, 0.3) is 0 Å². The van der Waals surface area contributed by atoms with E-state index in [9.17, 15) is 22.0 Å². The lowest BCUT2D eigenvalue weighted by atomic mass is 10.3. The number of urea groups is 1. The Bertz CT molecular complexity index is 1140. The maximum Gasteiger partial charge on any atom is 0.326 e. The third-order valence-electron chi connectivity index (χ3n) is 4.23. The van der Waals surface area contributed by atoms with E-state index >= 15 is 0 Å². The fourth-order valence-corrected chi connectivity index (χ4v) is 3.83. The van der Waals surface area contributed by atoms with Gasteiger partial charge in [-0.1, -0.05) is 11.6 Å². The summed E-state index contributed by atoms with van der Waals surface area (Å²) in [5, 5.41) is 3.19. The molecule has 0 aromatic heterocycles. The predicted molar refractivity (Wildman–Crippen MR) is 116 cm³/mol. The summed E-state index contributed by atoms with van der Waals surface area (Å²) in [6, 6.07) is 15.5. The second-order valence-electron chi connectivity index (χ2n) is 6.42. The Morgan fingerprint density at radius 3 is 2.00 bits per heavy atom. The van der Waals surface area contributed by atoms with Crippen LogP contribution in [0.3, 0.4) is 0 Å². The van der Waals surface area contributed by atoms with Gasteiger partial charge in [-0.25, -0.2) is 26.7 Å². The maximum absolute atomic E-state index is 13.3. The van der Waals surface area contributed by atoms with E-state index in [1.807, 2.05) is 0 Å². The quantitative estimate of drug-likeness (QED) is 0.533. The Morgan fingerprint density at radius 2 is 1.42 bits per heavy atom. The molecular weight excluding hydrogens is 448 g/mol. The summed E-state index contributed by atoms with van der Waals surface area (Å²) in [5.41, 5.74) is 0.849. The van der Waals surface area contributed by atoms with Gasteiger partial charge in [-0.3, -0.25) is 4.90 Å². The molecule has 3 aromatic rings. The van der Waals surface area contributed by atoms with E-state index in [1.165, 1.54) is 29.2 Å². The highest BCUT2D eigenvalue weighted by Gasteiger charge is 2.19. The van der Waals surface area contributed by atoms with Crippen LogP contribution in [0.5, 0.6) is 0 Å². The molecule has 31 heavy (non-hydrogen) atoms. The van der Waals surface area contributed by atoms with E-state index in [-0.39, 0.29) is 18.0 Å². The molecule has 0 heterocycles. The molecule has 6 nitrogen and oxygen atoms in total. The Hall–Kier alpha value is -3.01. The molecule has 2 N–H and O–H groups in total. The Kier molecular flexibility index (Phi) is 7.21. The van der Waals surface area contributed by atoms with Crippen molar-refractivity contribution in [2.75, 3.05) is 23.3 Å². The zero-order valence-electron chi connectivity index (χ0n) is 16.1. The molecule has 3 aromatic carbocycles. The van der Waals surface area contributed by atoms with Crippen LogP contribution in [0, 0.1) is 11.6 Å². The van der Waals surface area contributed by atoms with Crippen LogP contribution in [-0.4, -0.2) is 27.5 Å². The average Bonchev–Trinajstić information content (AvgIpc) is 2.74. The molecular formula is C21H18ClF2N3O3S. The highest BCUT2D eigenvalue weighted by atomic mass is 35.5. The van der Waals surface area contributed by atoms with Gasteiger partial charge in [-0.05, 0) is 72.8 Å². The Balaban J connectivity index is 1.73. The second kappa shape index (κ2) is 9.86. The predicted octanol–water partition coefficient (Wildman–Crippen LogP) is 4.64. The van der Waals surface area contributed by atoms with E-state index in [2.05, 4.69) is 10.0 Å². The van der Waals surface area contributed by atoms with Gasteiger partial charge in [0.15, 0.2) is 0 Å². The smallest absolute Gasteiger partial charge is 0.308 e. The van der Waals surface area contributed by atoms with E-state index in [0.717, 1.165) is 24.3 Å². The number of hydrogen-bond acceptors (Lipinski definition) is 3. The second-order valence-corrected chi connectivity index (χ2v) is 8.62. The number of sulfonamides is 1. The van der Waals surface area contributed by atoms with Crippen LogP contribution in [0.4, 0.5) is 25.0 Å². The number of rotatable bonds is 7. The fourth-order valence-electron chi connectivity index (χ4n) is 2.68. The van der Waals surface area contributed by atoms with Crippen LogP contribution >= 0.6 is 11.6 Å². The largest absolute Gasteiger partial charge is 0.326 e.